The Kier molecular flexibility index (Phi) is 4.68. The monoisotopic (exact) mass is 277 g/mol. The molecule has 98 valence electrons. The molecule has 0 aromatic heterocycles. The maximum Gasteiger partial charge on any atom is 0.108 e. The first-order chi connectivity index (χ1) is 8.53. The van der Waals surface area contributed by atoms with E-state index in [1.165, 1.54) is 31.4 Å². The van der Waals surface area contributed by atoms with Gasteiger partial charge >= 0.3 is 0 Å². The highest BCUT2D eigenvalue weighted by Crippen LogP contribution is 2.34. The molecule has 0 N–H and O–H groups in total. The molecule has 1 saturated carbocycles. The molecule has 0 bridgehead atoms. The fraction of sp³-hybridized carbons (Fsp3) is 0.533. The third kappa shape index (κ3) is 4.62. The highest BCUT2D eigenvalue weighted by molar-refractivity contribution is 8.29. The van der Waals surface area contributed by atoms with Gasteiger partial charge in [0.25, 0.3) is 0 Å². The van der Waals surface area contributed by atoms with Crippen LogP contribution in [0.25, 0.3) is 0 Å². The first kappa shape index (κ1) is 13.9. The number of benzene rings is 1. The molecule has 0 heterocycles. The summed E-state index contributed by atoms with van der Waals surface area (Å²) in [5, 5.41) is 0.881. The minimum Gasteiger partial charge on any atom is -0.258 e. The fourth-order valence-electron chi connectivity index (χ4n) is 2.34. The van der Waals surface area contributed by atoms with Crippen molar-refractivity contribution in [3.8, 4) is 0 Å². The molecule has 1 nitrogen and oxygen atoms in total. The van der Waals surface area contributed by atoms with E-state index in [1.54, 1.807) is 0 Å². The second-order valence-corrected chi connectivity index (χ2v) is 15.5. The smallest absolute Gasteiger partial charge is 0.108 e. The molecule has 0 saturated heterocycles. The van der Waals surface area contributed by atoms with Crippen molar-refractivity contribution >= 4 is 29.8 Å². The van der Waals surface area contributed by atoms with Crippen LogP contribution in [-0.2, 0) is 0 Å². The molecule has 0 spiro atoms. The average molecular weight is 278 g/mol. The SMILES string of the molecule is C[Si](C)(C)SC1CCC(=Nc2ccccc2)CC1. The van der Waals surface area contributed by atoms with Gasteiger partial charge in [-0.15, -0.1) is 0 Å². The van der Waals surface area contributed by atoms with Crippen LogP contribution in [0.3, 0.4) is 0 Å². The highest BCUT2D eigenvalue weighted by Gasteiger charge is 2.24. The summed E-state index contributed by atoms with van der Waals surface area (Å²) in [7, 11) is -0.964. The van der Waals surface area contributed by atoms with Crippen LogP contribution < -0.4 is 0 Å². The van der Waals surface area contributed by atoms with Crippen LogP contribution >= 0.6 is 11.2 Å². The van der Waals surface area contributed by atoms with Crippen LogP contribution in [0.15, 0.2) is 35.3 Å². The lowest BCUT2D eigenvalue weighted by Gasteiger charge is -2.28. The van der Waals surface area contributed by atoms with E-state index in [9.17, 15) is 0 Å². The molecule has 3 heteroatoms. The summed E-state index contributed by atoms with van der Waals surface area (Å²) in [6.07, 6.45) is 5.02. The van der Waals surface area contributed by atoms with Gasteiger partial charge in [0, 0.05) is 5.71 Å². The maximum absolute atomic E-state index is 4.77. The summed E-state index contributed by atoms with van der Waals surface area (Å²) in [4.78, 5) is 4.77. The molecule has 18 heavy (non-hydrogen) atoms. The molecule has 2 rings (SSSR count). The molecular weight excluding hydrogens is 254 g/mol. The molecule has 0 amide bonds. The Morgan fingerprint density at radius 2 is 1.67 bits per heavy atom. The molecule has 0 unspecified atom stereocenters. The summed E-state index contributed by atoms with van der Waals surface area (Å²) >= 11 is 2.27. The summed E-state index contributed by atoms with van der Waals surface area (Å²) in [6, 6.07) is 10.4. The zero-order chi connectivity index (χ0) is 13.0. The third-order valence-electron chi connectivity index (χ3n) is 3.07. The van der Waals surface area contributed by atoms with Gasteiger partial charge in [-0.3, -0.25) is 4.99 Å². The van der Waals surface area contributed by atoms with Crippen molar-refractivity contribution in [3.63, 3.8) is 0 Å². The van der Waals surface area contributed by atoms with Gasteiger partial charge in [-0.05, 0) is 43.1 Å². The second kappa shape index (κ2) is 6.07. The van der Waals surface area contributed by atoms with E-state index < -0.39 is 7.22 Å². The van der Waals surface area contributed by atoms with Gasteiger partial charge in [0.05, 0.1) is 5.69 Å². The predicted molar refractivity (Wildman–Crippen MR) is 86.7 cm³/mol. The minimum absolute atomic E-state index is 0.881. The summed E-state index contributed by atoms with van der Waals surface area (Å²) in [5.74, 6) is 0. The van der Waals surface area contributed by atoms with Crippen LogP contribution in [0.4, 0.5) is 5.69 Å². The number of hydrogen-bond donors (Lipinski definition) is 0. The molecule has 0 radical (unpaired) electrons. The van der Waals surface area contributed by atoms with Crippen LogP contribution in [0.1, 0.15) is 25.7 Å². The van der Waals surface area contributed by atoms with E-state index in [1.807, 2.05) is 6.07 Å². The molecular formula is C15H23NSSi. The lowest BCUT2D eigenvalue weighted by molar-refractivity contribution is 0.687. The summed E-state index contributed by atoms with van der Waals surface area (Å²) in [5.41, 5.74) is 2.51. The first-order valence-electron chi connectivity index (χ1n) is 6.82. The van der Waals surface area contributed by atoms with Crippen LogP contribution in [0, 0.1) is 0 Å². The fourth-order valence-corrected chi connectivity index (χ4v) is 7.52. The average Bonchev–Trinajstić information content (AvgIpc) is 2.31. The Morgan fingerprint density at radius 3 is 2.22 bits per heavy atom. The third-order valence-corrected chi connectivity index (χ3v) is 7.71. The van der Waals surface area contributed by atoms with Gasteiger partial charge < -0.3 is 0 Å². The number of para-hydroxylation sites is 1. The molecule has 0 atom stereocenters. The second-order valence-electron chi connectivity index (χ2n) is 5.94. The van der Waals surface area contributed by atoms with E-state index in [4.69, 9.17) is 4.99 Å². The zero-order valence-corrected chi connectivity index (χ0v) is 13.5. The summed E-state index contributed by atoms with van der Waals surface area (Å²) < 4.78 is 0. The van der Waals surface area contributed by atoms with Crippen molar-refractivity contribution in [2.45, 2.75) is 50.6 Å². The van der Waals surface area contributed by atoms with Gasteiger partial charge in [-0.1, -0.05) is 37.8 Å². The van der Waals surface area contributed by atoms with Crippen LogP contribution in [0.2, 0.25) is 19.6 Å². The van der Waals surface area contributed by atoms with Gasteiger partial charge in [0.15, 0.2) is 0 Å². The van der Waals surface area contributed by atoms with E-state index in [-0.39, 0.29) is 0 Å². The van der Waals surface area contributed by atoms with Crippen molar-refractivity contribution in [2.75, 3.05) is 0 Å². The van der Waals surface area contributed by atoms with Gasteiger partial charge in [0.2, 0.25) is 0 Å². The predicted octanol–water partition coefficient (Wildman–Crippen LogP) is 5.27. The summed E-state index contributed by atoms with van der Waals surface area (Å²) in [6.45, 7) is 7.35. The Bertz CT molecular complexity index is 398. The van der Waals surface area contributed by atoms with Crippen molar-refractivity contribution in [2.24, 2.45) is 4.99 Å². The Morgan fingerprint density at radius 1 is 1.06 bits per heavy atom. The Hall–Kier alpha value is -0.543. The number of nitrogens with zero attached hydrogens (tertiary/aromatic N) is 1. The van der Waals surface area contributed by atoms with Crippen molar-refractivity contribution < 1.29 is 0 Å². The molecule has 1 aliphatic rings. The minimum atomic E-state index is -0.964. The molecule has 1 fully saturated rings. The van der Waals surface area contributed by atoms with E-state index in [0.29, 0.717) is 0 Å². The number of aliphatic imine (C=N–C) groups is 1. The first-order valence-corrected chi connectivity index (χ1v) is 11.9. The topological polar surface area (TPSA) is 12.4 Å². The Balaban J connectivity index is 1.89. The molecule has 0 aliphatic heterocycles. The van der Waals surface area contributed by atoms with E-state index in [0.717, 1.165) is 10.9 Å². The zero-order valence-electron chi connectivity index (χ0n) is 11.6. The lowest BCUT2D eigenvalue weighted by Crippen LogP contribution is -2.24. The Labute approximate surface area is 116 Å². The van der Waals surface area contributed by atoms with Crippen molar-refractivity contribution in [1.29, 1.82) is 0 Å². The van der Waals surface area contributed by atoms with Gasteiger partial charge in [-0.2, -0.15) is 11.2 Å². The standard InChI is InChI=1S/C15H23NSSi/c1-18(2,3)17-15-11-9-14(10-12-15)16-13-7-5-4-6-8-13/h4-8,15H,9-12H2,1-3H3. The van der Waals surface area contributed by atoms with E-state index >= 15 is 0 Å². The highest BCUT2D eigenvalue weighted by atomic mass is 32.4. The quantitative estimate of drug-likeness (QED) is 0.686. The van der Waals surface area contributed by atoms with Crippen LogP contribution in [-0.4, -0.2) is 18.2 Å². The lowest BCUT2D eigenvalue weighted by atomic mass is 9.98. The number of hydrogen-bond acceptors (Lipinski definition) is 2. The van der Waals surface area contributed by atoms with Gasteiger partial charge in [0.1, 0.15) is 7.22 Å². The molecule has 1 aromatic carbocycles. The van der Waals surface area contributed by atoms with Crippen molar-refractivity contribution in [1.82, 2.24) is 0 Å². The van der Waals surface area contributed by atoms with Crippen LogP contribution in [0.5, 0.6) is 0 Å². The van der Waals surface area contributed by atoms with Crippen molar-refractivity contribution in [3.05, 3.63) is 30.3 Å². The number of rotatable bonds is 3. The van der Waals surface area contributed by atoms with E-state index in [2.05, 4.69) is 55.1 Å². The largest absolute Gasteiger partial charge is 0.258 e. The maximum atomic E-state index is 4.77. The normalized spacial score (nSPS) is 20.8. The molecule has 1 aromatic rings. The van der Waals surface area contributed by atoms with Gasteiger partial charge in [-0.25, -0.2) is 0 Å². The molecule has 1 aliphatic carbocycles.